The van der Waals surface area contributed by atoms with Crippen LogP contribution in [0.15, 0.2) is 55.1 Å². The van der Waals surface area contributed by atoms with Crippen LogP contribution < -0.4 is 0 Å². The average Bonchev–Trinajstić information content (AvgIpc) is 2.20. The number of aliphatic carboxylic acids is 1. The van der Waals surface area contributed by atoms with E-state index in [2.05, 4.69) is 13.2 Å². The van der Waals surface area contributed by atoms with Crippen molar-refractivity contribution in [3.8, 4) is 0 Å². The summed E-state index contributed by atoms with van der Waals surface area (Å²) in [5.74, 6) is -1.30. The standard InChI is InChI=1S/C12H12O2/c1-3-11(9(2)12(13)14)10-7-5-4-6-8-10/h3-8,11H,1-2H2,(H,13,14). The van der Waals surface area contributed by atoms with Crippen LogP contribution in [0.1, 0.15) is 11.5 Å². The van der Waals surface area contributed by atoms with Crippen molar-refractivity contribution < 1.29 is 9.90 Å². The number of hydrogen-bond donors (Lipinski definition) is 1. The molecular formula is C12H12O2. The number of benzene rings is 1. The maximum Gasteiger partial charge on any atom is 0.331 e. The van der Waals surface area contributed by atoms with Crippen LogP contribution in [0.25, 0.3) is 0 Å². The summed E-state index contributed by atoms with van der Waals surface area (Å²) in [6.07, 6.45) is 1.59. The summed E-state index contributed by atoms with van der Waals surface area (Å²) in [5, 5.41) is 8.80. The number of carboxylic acid groups (broad SMARTS) is 1. The lowest BCUT2D eigenvalue weighted by Crippen LogP contribution is -2.07. The molecule has 0 heterocycles. The summed E-state index contributed by atoms with van der Waals surface area (Å²) in [6, 6.07) is 9.33. The van der Waals surface area contributed by atoms with E-state index in [1.807, 2.05) is 30.3 Å². The summed E-state index contributed by atoms with van der Waals surface area (Å²) in [7, 11) is 0. The van der Waals surface area contributed by atoms with Crippen LogP contribution in [-0.4, -0.2) is 11.1 Å². The van der Waals surface area contributed by atoms with Crippen molar-refractivity contribution in [1.82, 2.24) is 0 Å². The van der Waals surface area contributed by atoms with Crippen molar-refractivity contribution in [2.45, 2.75) is 5.92 Å². The molecule has 0 aliphatic heterocycles. The number of carboxylic acids is 1. The van der Waals surface area contributed by atoms with Crippen LogP contribution in [0.3, 0.4) is 0 Å². The van der Waals surface area contributed by atoms with E-state index in [9.17, 15) is 4.79 Å². The minimum atomic E-state index is -0.987. The van der Waals surface area contributed by atoms with Crippen molar-refractivity contribution >= 4 is 5.97 Å². The molecule has 1 unspecified atom stereocenters. The Morgan fingerprint density at radius 3 is 2.36 bits per heavy atom. The van der Waals surface area contributed by atoms with Crippen molar-refractivity contribution in [1.29, 1.82) is 0 Å². The fourth-order valence-corrected chi connectivity index (χ4v) is 1.27. The van der Waals surface area contributed by atoms with E-state index < -0.39 is 5.97 Å². The molecule has 14 heavy (non-hydrogen) atoms. The first-order valence-corrected chi connectivity index (χ1v) is 4.26. The van der Waals surface area contributed by atoms with Gasteiger partial charge in [-0.05, 0) is 5.56 Å². The largest absolute Gasteiger partial charge is 0.478 e. The molecule has 1 rings (SSSR count). The first kappa shape index (κ1) is 10.3. The van der Waals surface area contributed by atoms with Crippen LogP contribution in [0.4, 0.5) is 0 Å². The highest BCUT2D eigenvalue weighted by Crippen LogP contribution is 2.23. The van der Waals surface area contributed by atoms with Gasteiger partial charge in [-0.15, -0.1) is 6.58 Å². The van der Waals surface area contributed by atoms with Crippen LogP contribution in [0.2, 0.25) is 0 Å². The zero-order chi connectivity index (χ0) is 10.6. The second-order valence-corrected chi connectivity index (χ2v) is 2.95. The lowest BCUT2D eigenvalue weighted by molar-refractivity contribution is -0.132. The molecule has 0 saturated carbocycles. The van der Waals surface area contributed by atoms with E-state index >= 15 is 0 Å². The van der Waals surface area contributed by atoms with E-state index in [-0.39, 0.29) is 11.5 Å². The molecule has 0 aliphatic rings. The molecule has 0 aromatic heterocycles. The fraction of sp³-hybridized carbons (Fsp3) is 0.0833. The van der Waals surface area contributed by atoms with Gasteiger partial charge in [0.1, 0.15) is 0 Å². The maximum absolute atomic E-state index is 10.7. The molecule has 1 N–H and O–H groups in total. The molecule has 2 nitrogen and oxygen atoms in total. The Kier molecular flexibility index (Phi) is 3.24. The minimum Gasteiger partial charge on any atom is -0.478 e. The molecule has 0 spiro atoms. The van der Waals surface area contributed by atoms with Crippen LogP contribution >= 0.6 is 0 Å². The molecule has 1 aromatic carbocycles. The quantitative estimate of drug-likeness (QED) is 0.582. The number of hydrogen-bond acceptors (Lipinski definition) is 1. The molecule has 0 fully saturated rings. The minimum absolute atomic E-state index is 0.145. The van der Waals surface area contributed by atoms with Gasteiger partial charge in [-0.1, -0.05) is 43.0 Å². The number of rotatable bonds is 4. The normalized spacial score (nSPS) is 11.7. The Morgan fingerprint density at radius 2 is 1.93 bits per heavy atom. The van der Waals surface area contributed by atoms with Gasteiger partial charge >= 0.3 is 5.97 Å². The SMILES string of the molecule is C=CC(C(=C)C(=O)O)c1ccccc1. The summed E-state index contributed by atoms with van der Waals surface area (Å²) in [4.78, 5) is 10.7. The lowest BCUT2D eigenvalue weighted by Gasteiger charge is -2.12. The Hall–Kier alpha value is -1.83. The van der Waals surface area contributed by atoms with Crippen molar-refractivity contribution in [3.63, 3.8) is 0 Å². The number of allylic oxidation sites excluding steroid dienone is 1. The highest BCUT2D eigenvalue weighted by Gasteiger charge is 2.16. The van der Waals surface area contributed by atoms with Crippen molar-refractivity contribution in [2.24, 2.45) is 0 Å². The van der Waals surface area contributed by atoms with Gasteiger partial charge < -0.3 is 5.11 Å². The molecular weight excluding hydrogens is 176 g/mol. The third kappa shape index (κ3) is 2.10. The van der Waals surface area contributed by atoms with Gasteiger partial charge in [-0.3, -0.25) is 0 Å². The number of carbonyl (C=O) groups is 1. The molecule has 0 aliphatic carbocycles. The first-order chi connectivity index (χ1) is 6.66. The van der Waals surface area contributed by atoms with Gasteiger partial charge in [0.05, 0.1) is 0 Å². The van der Waals surface area contributed by atoms with E-state index in [0.717, 1.165) is 5.56 Å². The van der Waals surface area contributed by atoms with Crippen LogP contribution in [0.5, 0.6) is 0 Å². The molecule has 1 atom stereocenters. The summed E-state index contributed by atoms with van der Waals surface area (Å²) >= 11 is 0. The monoisotopic (exact) mass is 188 g/mol. The molecule has 0 radical (unpaired) electrons. The van der Waals surface area contributed by atoms with Gasteiger partial charge in [0, 0.05) is 11.5 Å². The smallest absolute Gasteiger partial charge is 0.331 e. The van der Waals surface area contributed by atoms with Crippen molar-refractivity contribution in [3.05, 3.63) is 60.7 Å². The lowest BCUT2D eigenvalue weighted by atomic mass is 9.92. The summed E-state index contributed by atoms with van der Waals surface area (Å²) in [5.41, 5.74) is 1.04. The molecule has 0 amide bonds. The molecule has 0 saturated heterocycles. The van der Waals surface area contributed by atoms with E-state index in [4.69, 9.17) is 5.11 Å². The highest BCUT2D eigenvalue weighted by atomic mass is 16.4. The Balaban J connectivity index is 2.99. The van der Waals surface area contributed by atoms with Crippen LogP contribution in [0, 0.1) is 0 Å². The van der Waals surface area contributed by atoms with Gasteiger partial charge in [-0.2, -0.15) is 0 Å². The van der Waals surface area contributed by atoms with E-state index in [1.165, 1.54) is 0 Å². The second kappa shape index (κ2) is 4.42. The molecule has 2 heteroatoms. The summed E-state index contributed by atoms with van der Waals surface area (Å²) < 4.78 is 0. The zero-order valence-electron chi connectivity index (χ0n) is 7.81. The maximum atomic E-state index is 10.7. The Bertz CT molecular complexity index is 352. The van der Waals surface area contributed by atoms with E-state index in [0.29, 0.717) is 0 Å². The topological polar surface area (TPSA) is 37.3 Å². The fourth-order valence-electron chi connectivity index (χ4n) is 1.27. The zero-order valence-corrected chi connectivity index (χ0v) is 7.81. The Labute approximate surface area is 83.2 Å². The van der Waals surface area contributed by atoms with Crippen molar-refractivity contribution in [2.75, 3.05) is 0 Å². The van der Waals surface area contributed by atoms with Crippen LogP contribution in [-0.2, 0) is 4.79 Å². The van der Waals surface area contributed by atoms with Gasteiger partial charge in [-0.25, -0.2) is 4.79 Å². The van der Waals surface area contributed by atoms with Gasteiger partial charge in [0.2, 0.25) is 0 Å². The highest BCUT2D eigenvalue weighted by molar-refractivity contribution is 5.88. The molecule has 72 valence electrons. The van der Waals surface area contributed by atoms with Gasteiger partial charge in [0.25, 0.3) is 0 Å². The second-order valence-electron chi connectivity index (χ2n) is 2.95. The first-order valence-electron chi connectivity index (χ1n) is 4.26. The third-order valence-corrected chi connectivity index (χ3v) is 2.04. The third-order valence-electron chi connectivity index (χ3n) is 2.04. The molecule has 1 aromatic rings. The Morgan fingerprint density at radius 1 is 1.36 bits per heavy atom. The van der Waals surface area contributed by atoms with E-state index in [1.54, 1.807) is 6.08 Å². The molecule has 0 bridgehead atoms. The summed E-state index contributed by atoms with van der Waals surface area (Å²) in [6.45, 7) is 7.15. The predicted octanol–water partition coefficient (Wildman–Crippen LogP) is 2.60. The van der Waals surface area contributed by atoms with Gasteiger partial charge in [0.15, 0.2) is 0 Å². The average molecular weight is 188 g/mol. The predicted molar refractivity (Wildman–Crippen MR) is 56.2 cm³/mol.